The molecule has 1 saturated carbocycles. The van der Waals surface area contributed by atoms with Gasteiger partial charge in [0, 0.05) is 18.6 Å². The second kappa shape index (κ2) is 8.62. The first-order valence-corrected chi connectivity index (χ1v) is 9.01. The molecule has 0 bridgehead atoms. The van der Waals surface area contributed by atoms with Crippen LogP contribution in [-0.4, -0.2) is 49.1 Å². The van der Waals surface area contributed by atoms with E-state index < -0.39 is 0 Å². The highest BCUT2D eigenvalue weighted by molar-refractivity contribution is 5.80. The lowest BCUT2D eigenvalue weighted by atomic mass is 9.87. The number of hydrogen-bond acceptors (Lipinski definition) is 2. The Morgan fingerprint density at radius 1 is 1.14 bits per heavy atom. The molecule has 2 fully saturated rings. The van der Waals surface area contributed by atoms with Gasteiger partial charge >= 0.3 is 0 Å². The maximum absolute atomic E-state index is 4.86. The van der Waals surface area contributed by atoms with Crippen molar-refractivity contribution in [2.24, 2.45) is 10.9 Å². The van der Waals surface area contributed by atoms with Crippen molar-refractivity contribution in [2.75, 3.05) is 26.2 Å². The molecule has 2 rings (SSSR count). The molecule has 1 heterocycles. The SMILES string of the molecule is CCNC(=NCC1CCCN1CC)NC1CCC(C)CC1. The molecule has 2 N–H and O–H groups in total. The standard InChI is InChI=1S/C17H34N4/c1-4-18-17(20-15-10-8-14(3)9-11-15)19-13-16-7-6-12-21(16)5-2/h14-16H,4-13H2,1-3H3,(H2,18,19,20). The quantitative estimate of drug-likeness (QED) is 0.605. The van der Waals surface area contributed by atoms with E-state index in [1.54, 1.807) is 0 Å². The maximum atomic E-state index is 4.86. The van der Waals surface area contributed by atoms with Crippen molar-refractivity contribution in [2.45, 2.75) is 71.4 Å². The van der Waals surface area contributed by atoms with Crippen molar-refractivity contribution >= 4 is 5.96 Å². The maximum Gasteiger partial charge on any atom is 0.191 e. The van der Waals surface area contributed by atoms with Crippen LogP contribution in [0.15, 0.2) is 4.99 Å². The van der Waals surface area contributed by atoms with Gasteiger partial charge in [0.25, 0.3) is 0 Å². The molecule has 0 radical (unpaired) electrons. The summed E-state index contributed by atoms with van der Waals surface area (Å²) >= 11 is 0. The highest BCUT2D eigenvalue weighted by Crippen LogP contribution is 2.23. The molecule has 21 heavy (non-hydrogen) atoms. The van der Waals surface area contributed by atoms with Crippen LogP contribution in [-0.2, 0) is 0 Å². The van der Waals surface area contributed by atoms with Gasteiger partial charge in [0.1, 0.15) is 0 Å². The van der Waals surface area contributed by atoms with Crippen LogP contribution in [0.5, 0.6) is 0 Å². The molecule has 0 aromatic heterocycles. The Kier molecular flexibility index (Phi) is 6.81. The van der Waals surface area contributed by atoms with Crippen molar-refractivity contribution in [1.82, 2.24) is 15.5 Å². The van der Waals surface area contributed by atoms with Crippen LogP contribution in [0.3, 0.4) is 0 Å². The number of hydrogen-bond donors (Lipinski definition) is 2. The van der Waals surface area contributed by atoms with E-state index in [1.165, 1.54) is 45.1 Å². The molecule has 0 spiro atoms. The van der Waals surface area contributed by atoms with Crippen LogP contribution in [0.4, 0.5) is 0 Å². The molecular weight excluding hydrogens is 260 g/mol. The average Bonchev–Trinajstić information content (AvgIpc) is 2.95. The fourth-order valence-corrected chi connectivity index (χ4v) is 3.63. The number of nitrogens with zero attached hydrogens (tertiary/aromatic N) is 2. The summed E-state index contributed by atoms with van der Waals surface area (Å²) in [6.45, 7) is 11.1. The summed E-state index contributed by atoms with van der Waals surface area (Å²) < 4.78 is 0. The van der Waals surface area contributed by atoms with Crippen molar-refractivity contribution in [1.29, 1.82) is 0 Å². The zero-order chi connectivity index (χ0) is 15.1. The molecular formula is C17H34N4. The normalized spacial score (nSPS) is 31.4. The van der Waals surface area contributed by atoms with Gasteiger partial charge in [-0.1, -0.05) is 13.8 Å². The average molecular weight is 294 g/mol. The monoisotopic (exact) mass is 294 g/mol. The molecule has 2 aliphatic rings. The van der Waals surface area contributed by atoms with E-state index in [4.69, 9.17) is 4.99 Å². The second-order valence-corrected chi connectivity index (χ2v) is 6.75. The summed E-state index contributed by atoms with van der Waals surface area (Å²) in [5.41, 5.74) is 0. The van der Waals surface area contributed by atoms with E-state index in [-0.39, 0.29) is 0 Å². The fraction of sp³-hybridized carbons (Fsp3) is 0.941. The summed E-state index contributed by atoms with van der Waals surface area (Å²) in [6.07, 6.45) is 7.91. The van der Waals surface area contributed by atoms with Crippen LogP contribution in [0.25, 0.3) is 0 Å². The van der Waals surface area contributed by atoms with Gasteiger partial charge in [-0.3, -0.25) is 9.89 Å². The van der Waals surface area contributed by atoms with Gasteiger partial charge in [-0.05, 0) is 64.5 Å². The van der Waals surface area contributed by atoms with E-state index >= 15 is 0 Å². The van der Waals surface area contributed by atoms with Gasteiger partial charge < -0.3 is 10.6 Å². The molecule has 0 aromatic carbocycles. The number of nitrogens with one attached hydrogen (secondary N) is 2. The summed E-state index contributed by atoms with van der Waals surface area (Å²) in [5, 5.41) is 7.07. The van der Waals surface area contributed by atoms with Crippen molar-refractivity contribution in [3.63, 3.8) is 0 Å². The molecule has 122 valence electrons. The highest BCUT2D eigenvalue weighted by Gasteiger charge is 2.23. The lowest BCUT2D eigenvalue weighted by Gasteiger charge is -2.28. The fourth-order valence-electron chi connectivity index (χ4n) is 3.63. The number of likely N-dealkylation sites (tertiary alicyclic amines) is 1. The van der Waals surface area contributed by atoms with E-state index in [0.29, 0.717) is 12.1 Å². The van der Waals surface area contributed by atoms with Crippen LogP contribution in [0, 0.1) is 5.92 Å². The predicted octanol–water partition coefficient (Wildman–Crippen LogP) is 2.60. The third-order valence-corrected chi connectivity index (χ3v) is 5.07. The Morgan fingerprint density at radius 2 is 1.90 bits per heavy atom. The Labute approximate surface area is 130 Å². The molecule has 0 aromatic rings. The number of rotatable bonds is 5. The largest absolute Gasteiger partial charge is 0.357 e. The molecule has 0 amide bonds. The smallest absolute Gasteiger partial charge is 0.191 e. The van der Waals surface area contributed by atoms with Crippen molar-refractivity contribution in [3.8, 4) is 0 Å². The van der Waals surface area contributed by atoms with Gasteiger partial charge in [0.2, 0.25) is 0 Å². The topological polar surface area (TPSA) is 39.7 Å². The van der Waals surface area contributed by atoms with Crippen LogP contribution < -0.4 is 10.6 Å². The van der Waals surface area contributed by atoms with Gasteiger partial charge in [-0.25, -0.2) is 0 Å². The lowest BCUT2D eigenvalue weighted by Crippen LogP contribution is -2.45. The number of likely N-dealkylation sites (N-methyl/N-ethyl adjacent to an activating group) is 1. The summed E-state index contributed by atoms with van der Waals surface area (Å²) in [5.74, 6) is 1.93. The summed E-state index contributed by atoms with van der Waals surface area (Å²) in [7, 11) is 0. The first-order valence-electron chi connectivity index (χ1n) is 9.01. The van der Waals surface area contributed by atoms with Gasteiger partial charge in [-0.2, -0.15) is 0 Å². The minimum atomic E-state index is 0.616. The molecule has 1 unspecified atom stereocenters. The first-order chi connectivity index (χ1) is 10.2. The molecule has 1 atom stereocenters. The lowest BCUT2D eigenvalue weighted by molar-refractivity contribution is 0.272. The molecule has 1 saturated heterocycles. The van der Waals surface area contributed by atoms with Gasteiger partial charge in [-0.15, -0.1) is 0 Å². The zero-order valence-corrected chi connectivity index (χ0v) is 14.2. The summed E-state index contributed by atoms with van der Waals surface area (Å²) in [4.78, 5) is 7.42. The van der Waals surface area contributed by atoms with E-state index in [1.807, 2.05) is 0 Å². The highest BCUT2D eigenvalue weighted by atomic mass is 15.2. The van der Waals surface area contributed by atoms with Gasteiger partial charge in [0.05, 0.1) is 6.54 Å². The Morgan fingerprint density at radius 3 is 2.57 bits per heavy atom. The van der Waals surface area contributed by atoms with Crippen LogP contribution in [0.1, 0.15) is 59.3 Å². The Bertz CT molecular complexity index is 321. The molecule has 1 aliphatic heterocycles. The van der Waals surface area contributed by atoms with Crippen LogP contribution >= 0.6 is 0 Å². The second-order valence-electron chi connectivity index (χ2n) is 6.75. The van der Waals surface area contributed by atoms with Crippen LogP contribution in [0.2, 0.25) is 0 Å². The Balaban J connectivity index is 1.84. The first kappa shape index (κ1) is 16.6. The van der Waals surface area contributed by atoms with E-state index in [9.17, 15) is 0 Å². The van der Waals surface area contributed by atoms with E-state index in [0.717, 1.165) is 31.5 Å². The minimum Gasteiger partial charge on any atom is -0.357 e. The number of aliphatic imine (C=N–C) groups is 1. The van der Waals surface area contributed by atoms with E-state index in [2.05, 4.69) is 36.3 Å². The molecule has 4 nitrogen and oxygen atoms in total. The zero-order valence-electron chi connectivity index (χ0n) is 14.2. The third kappa shape index (κ3) is 5.17. The van der Waals surface area contributed by atoms with Crippen molar-refractivity contribution in [3.05, 3.63) is 0 Å². The van der Waals surface area contributed by atoms with Gasteiger partial charge in [0.15, 0.2) is 5.96 Å². The predicted molar refractivity (Wildman–Crippen MR) is 90.8 cm³/mol. The molecule has 4 heteroatoms. The number of guanidine groups is 1. The third-order valence-electron chi connectivity index (χ3n) is 5.07. The summed E-state index contributed by atoms with van der Waals surface area (Å²) in [6, 6.07) is 1.27. The Hall–Kier alpha value is -0.770. The van der Waals surface area contributed by atoms with Crippen molar-refractivity contribution < 1.29 is 0 Å². The minimum absolute atomic E-state index is 0.616. The molecule has 1 aliphatic carbocycles.